The second kappa shape index (κ2) is 5.38. The summed E-state index contributed by atoms with van der Waals surface area (Å²) in [5.41, 5.74) is 2.73. The number of carbonyl (C=O) groups excluding carboxylic acids is 1. The molecule has 118 valence electrons. The maximum absolute atomic E-state index is 13.3. The van der Waals surface area contributed by atoms with Crippen LogP contribution >= 0.6 is 0 Å². The van der Waals surface area contributed by atoms with Gasteiger partial charge in [0.2, 0.25) is 5.95 Å². The van der Waals surface area contributed by atoms with Gasteiger partial charge in [-0.2, -0.15) is 0 Å². The van der Waals surface area contributed by atoms with Crippen LogP contribution in [0.1, 0.15) is 10.5 Å². The van der Waals surface area contributed by atoms with Crippen LogP contribution in [-0.4, -0.2) is 25.4 Å². The quantitative estimate of drug-likeness (QED) is 0.616. The van der Waals surface area contributed by atoms with Gasteiger partial charge in [0.05, 0.1) is 28.3 Å². The van der Waals surface area contributed by atoms with Crippen molar-refractivity contribution in [3.63, 3.8) is 0 Å². The number of para-hydroxylation sites is 2. The monoisotopic (exact) mass is 321 g/mol. The summed E-state index contributed by atoms with van der Waals surface area (Å²) in [6, 6.07) is 11.6. The number of hydrogen-bond donors (Lipinski definition) is 1. The molecule has 0 spiro atoms. The number of carbonyl (C=O) groups is 1. The molecule has 0 atom stereocenters. The van der Waals surface area contributed by atoms with Crippen molar-refractivity contribution in [1.82, 2.24) is 19.5 Å². The lowest BCUT2D eigenvalue weighted by molar-refractivity contribution is 0.102. The summed E-state index contributed by atoms with van der Waals surface area (Å²) < 4.78 is 15.0. The standard InChI is InChI=1S/C17H12FN5O/c1-23-15-7-6-10(18)8-13(15)21-17(23)22-16(24)14-9-19-11-4-2-3-5-12(11)20-14/h2-9H,1H3,(H,21,22,24). The Labute approximate surface area is 136 Å². The van der Waals surface area contributed by atoms with Gasteiger partial charge in [-0.1, -0.05) is 12.1 Å². The third kappa shape index (κ3) is 2.36. The fourth-order valence-electron chi connectivity index (χ4n) is 2.52. The van der Waals surface area contributed by atoms with Gasteiger partial charge in [0.1, 0.15) is 11.5 Å². The SMILES string of the molecule is Cn1c(NC(=O)c2cnc3ccccc3n2)nc2cc(F)ccc21. The number of anilines is 1. The van der Waals surface area contributed by atoms with Gasteiger partial charge in [-0.15, -0.1) is 0 Å². The molecule has 0 bridgehead atoms. The zero-order valence-corrected chi connectivity index (χ0v) is 12.7. The Balaban J connectivity index is 1.69. The first-order chi connectivity index (χ1) is 11.6. The number of amides is 1. The van der Waals surface area contributed by atoms with Gasteiger partial charge in [0.25, 0.3) is 5.91 Å². The molecular formula is C17H12FN5O. The number of aryl methyl sites for hydroxylation is 1. The predicted molar refractivity (Wildman–Crippen MR) is 88.2 cm³/mol. The van der Waals surface area contributed by atoms with Crippen LogP contribution in [0.25, 0.3) is 22.1 Å². The normalized spacial score (nSPS) is 11.1. The van der Waals surface area contributed by atoms with Crippen molar-refractivity contribution in [1.29, 1.82) is 0 Å². The number of rotatable bonds is 2. The molecule has 6 nitrogen and oxygen atoms in total. The van der Waals surface area contributed by atoms with Crippen LogP contribution < -0.4 is 5.32 Å². The number of hydrogen-bond acceptors (Lipinski definition) is 4. The lowest BCUT2D eigenvalue weighted by Crippen LogP contribution is -2.16. The second-order valence-corrected chi connectivity index (χ2v) is 5.33. The lowest BCUT2D eigenvalue weighted by atomic mass is 10.3. The molecule has 1 amide bonds. The van der Waals surface area contributed by atoms with Gasteiger partial charge < -0.3 is 4.57 Å². The van der Waals surface area contributed by atoms with E-state index in [0.29, 0.717) is 22.5 Å². The lowest BCUT2D eigenvalue weighted by Gasteiger charge is -2.05. The number of benzene rings is 2. The van der Waals surface area contributed by atoms with E-state index in [2.05, 4.69) is 20.3 Å². The smallest absolute Gasteiger partial charge is 0.278 e. The number of imidazole rings is 1. The Kier molecular flexibility index (Phi) is 3.19. The molecule has 2 aromatic carbocycles. The van der Waals surface area contributed by atoms with E-state index >= 15 is 0 Å². The van der Waals surface area contributed by atoms with Crippen molar-refractivity contribution in [2.45, 2.75) is 0 Å². The van der Waals surface area contributed by atoms with Gasteiger partial charge in [-0.05, 0) is 24.3 Å². The first-order valence-electron chi connectivity index (χ1n) is 7.27. The average Bonchev–Trinajstić information content (AvgIpc) is 2.89. The molecule has 0 saturated carbocycles. The van der Waals surface area contributed by atoms with Gasteiger partial charge in [-0.3, -0.25) is 15.1 Å². The Morgan fingerprint density at radius 2 is 1.88 bits per heavy atom. The summed E-state index contributed by atoms with van der Waals surface area (Å²) in [6.07, 6.45) is 1.42. The highest BCUT2D eigenvalue weighted by Crippen LogP contribution is 2.19. The predicted octanol–water partition coefficient (Wildman–Crippen LogP) is 2.91. The third-order valence-electron chi connectivity index (χ3n) is 3.75. The molecule has 4 aromatic rings. The molecule has 2 heterocycles. The Morgan fingerprint density at radius 3 is 2.71 bits per heavy atom. The third-order valence-corrected chi connectivity index (χ3v) is 3.75. The molecule has 0 aliphatic carbocycles. The van der Waals surface area contributed by atoms with E-state index < -0.39 is 5.91 Å². The van der Waals surface area contributed by atoms with E-state index in [0.717, 1.165) is 5.52 Å². The summed E-state index contributed by atoms with van der Waals surface area (Å²) in [7, 11) is 1.74. The maximum atomic E-state index is 13.3. The zero-order valence-electron chi connectivity index (χ0n) is 12.7. The van der Waals surface area contributed by atoms with Crippen LogP contribution in [0, 0.1) is 5.82 Å². The Hall–Kier alpha value is -3.35. The summed E-state index contributed by atoms with van der Waals surface area (Å²) in [5.74, 6) is -0.485. The molecule has 4 rings (SSSR count). The van der Waals surface area contributed by atoms with Crippen molar-refractivity contribution >= 4 is 33.9 Å². The summed E-state index contributed by atoms with van der Waals surface area (Å²) >= 11 is 0. The number of halogens is 1. The van der Waals surface area contributed by atoms with Gasteiger partial charge in [0.15, 0.2) is 0 Å². The van der Waals surface area contributed by atoms with Crippen LogP contribution in [0.5, 0.6) is 0 Å². The molecule has 0 radical (unpaired) electrons. The van der Waals surface area contributed by atoms with Gasteiger partial charge in [-0.25, -0.2) is 14.4 Å². The average molecular weight is 321 g/mol. The van der Waals surface area contributed by atoms with Crippen molar-refractivity contribution in [3.05, 3.63) is 60.2 Å². The molecule has 0 fully saturated rings. The van der Waals surface area contributed by atoms with Crippen LogP contribution in [0.15, 0.2) is 48.7 Å². The summed E-state index contributed by atoms with van der Waals surface area (Å²) in [5, 5.41) is 2.69. The number of nitrogens with one attached hydrogen (secondary N) is 1. The minimum Gasteiger partial charge on any atom is -0.313 e. The van der Waals surface area contributed by atoms with E-state index in [4.69, 9.17) is 0 Å². The van der Waals surface area contributed by atoms with E-state index in [1.807, 2.05) is 18.2 Å². The van der Waals surface area contributed by atoms with Crippen LogP contribution in [0.3, 0.4) is 0 Å². The van der Waals surface area contributed by atoms with E-state index in [-0.39, 0.29) is 11.5 Å². The van der Waals surface area contributed by atoms with Crippen molar-refractivity contribution in [2.75, 3.05) is 5.32 Å². The fraction of sp³-hybridized carbons (Fsp3) is 0.0588. The highest BCUT2D eigenvalue weighted by Gasteiger charge is 2.14. The molecule has 0 aliphatic rings. The van der Waals surface area contributed by atoms with Crippen molar-refractivity contribution < 1.29 is 9.18 Å². The summed E-state index contributed by atoms with van der Waals surface area (Å²) in [6.45, 7) is 0. The summed E-state index contributed by atoms with van der Waals surface area (Å²) in [4.78, 5) is 25.2. The minimum atomic E-state index is -0.424. The Morgan fingerprint density at radius 1 is 1.08 bits per heavy atom. The Bertz CT molecular complexity index is 1090. The highest BCUT2D eigenvalue weighted by molar-refractivity contribution is 6.03. The minimum absolute atomic E-state index is 0.187. The van der Waals surface area contributed by atoms with Crippen molar-refractivity contribution in [3.8, 4) is 0 Å². The molecule has 0 unspecified atom stereocenters. The van der Waals surface area contributed by atoms with Crippen molar-refractivity contribution in [2.24, 2.45) is 7.05 Å². The van der Waals surface area contributed by atoms with Crippen LogP contribution in [-0.2, 0) is 7.05 Å². The maximum Gasteiger partial charge on any atom is 0.278 e. The number of aromatic nitrogens is 4. The fourth-order valence-corrected chi connectivity index (χ4v) is 2.52. The topological polar surface area (TPSA) is 72.7 Å². The van der Waals surface area contributed by atoms with Crippen LogP contribution in [0.4, 0.5) is 10.3 Å². The van der Waals surface area contributed by atoms with Gasteiger partial charge >= 0.3 is 0 Å². The molecule has 0 saturated heterocycles. The van der Waals surface area contributed by atoms with Gasteiger partial charge in [0, 0.05) is 13.1 Å². The number of nitrogens with zero attached hydrogens (tertiary/aromatic N) is 4. The molecule has 1 N–H and O–H groups in total. The van der Waals surface area contributed by atoms with E-state index in [1.165, 1.54) is 18.3 Å². The first kappa shape index (κ1) is 14.3. The largest absolute Gasteiger partial charge is 0.313 e. The molecule has 2 aromatic heterocycles. The number of fused-ring (bicyclic) bond motifs is 2. The van der Waals surface area contributed by atoms with E-state index in [1.54, 1.807) is 23.7 Å². The molecule has 7 heteroatoms. The zero-order chi connectivity index (χ0) is 16.7. The first-order valence-corrected chi connectivity index (χ1v) is 7.27. The highest BCUT2D eigenvalue weighted by atomic mass is 19.1. The molecule has 0 aliphatic heterocycles. The molecule has 24 heavy (non-hydrogen) atoms. The van der Waals surface area contributed by atoms with Crippen LogP contribution in [0.2, 0.25) is 0 Å². The van der Waals surface area contributed by atoms with E-state index in [9.17, 15) is 9.18 Å². The second-order valence-electron chi connectivity index (χ2n) is 5.33. The molecular weight excluding hydrogens is 309 g/mol.